The van der Waals surface area contributed by atoms with E-state index in [4.69, 9.17) is 0 Å². The van der Waals surface area contributed by atoms with Gasteiger partial charge in [0.05, 0.1) is 11.3 Å². The largest absolute Gasteiger partial charge is 0.357 e. The smallest absolute Gasteiger partial charge is 0.242 e. The Morgan fingerprint density at radius 3 is 3.00 bits per heavy atom. The molecule has 18 heavy (non-hydrogen) atoms. The fraction of sp³-hybridized carbons (Fsp3) is 0.429. The van der Waals surface area contributed by atoms with Crippen molar-refractivity contribution in [3.8, 4) is 6.07 Å². The van der Waals surface area contributed by atoms with E-state index in [1.807, 2.05) is 36.9 Å². The van der Waals surface area contributed by atoms with E-state index < -0.39 is 0 Å². The van der Waals surface area contributed by atoms with Crippen LogP contribution in [-0.2, 0) is 4.79 Å². The molecule has 4 nitrogen and oxygen atoms in total. The standard InChI is InChI=1S/C14H17N3O/c1-3-12-14(18)16-6-7-17(12)13-5-4-10(2)8-11(13)9-15/h4-5,8,12H,3,6-7H2,1-2H3,(H,16,18). The van der Waals surface area contributed by atoms with Crippen molar-refractivity contribution in [1.29, 1.82) is 5.26 Å². The van der Waals surface area contributed by atoms with Crippen LogP contribution in [0.3, 0.4) is 0 Å². The molecule has 0 aliphatic carbocycles. The van der Waals surface area contributed by atoms with Gasteiger partial charge in [-0.15, -0.1) is 0 Å². The van der Waals surface area contributed by atoms with E-state index in [2.05, 4.69) is 11.4 Å². The van der Waals surface area contributed by atoms with E-state index in [-0.39, 0.29) is 11.9 Å². The van der Waals surface area contributed by atoms with Crippen LogP contribution < -0.4 is 10.2 Å². The second-order valence-electron chi connectivity index (χ2n) is 4.54. The number of nitrogens with one attached hydrogen (secondary N) is 1. The third-order valence-electron chi connectivity index (χ3n) is 3.30. The van der Waals surface area contributed by atoms with Crippen LogP contribution in [0.4, 0.5) is 5.69 Å². The molecule has 0 radical (unpaired) electrons. The van der Waals surface area contributed by atoms with Crippen LogP contribution in [0, 0.1) is 18.3 Å². The Balaban J connectivity index is 2.41. The second-order valence-corrected chi connectivity index (χ2v) is 4.54. The normalized spacial score (nSPS) is 19.3. The lowest BCUT2D eigenvalue weighted by Gasteiger charge is -2.36. The Labute approximate surface area is 107 Å². The van der Waals surface area contributed by atoms with Gasteiger partial charge in [-0.3, -0.25) is 4.79 Å². The third kappa shape index (κ3) is 2.17. The number of rotatable bonds is 2. The molecule has 1 N–H and O–H groups in total. The maximum absolute atomic E-state index is 11.8. The number of amides is 1. The first-order chi connectivity index (χ1) is 8.67. The molecule has 1 fully saturated rings. The van der Waals surface area contributed by atoms with Crippen LogP contribution in [0.25, 0.3) is 0 Å². The zero-order valence-electron chi connectivity index (χ0n) is 10.7. The van der Waals surface area contributed by atoms with Crippen molar-refractivity contribution in [2.75, 3.05) is 18.0 Å². The molecule has 2 rings (SSSR count). The fourth-order valence-electron chi connectivity index (χ4n) is 2.40. The average Bonchev–Trinajstić information content (AvgIpc) is 2.38. The van der Waals surface area contributed by atoms with Gasteiger partial charge in [0, 0.05) is 13.1 Å². The molecule has 0 bridgehead atoms. The molecule has 1 aromatic carbocycles. The van der Waals surface area contributed by atoms with Crippen LogP contribution in [-0.4, -0.2) is 25.0 Å². The third-order valence-corrected chi connectivity index (χ3v) is 3.30. The van der Waals surface area contributed by atoms with Crippen molar-refractivity contribution in [3.63, 3.8) is 0 Å². The van der Waals surface area contributed by atoms with Crippen LogP contribution >= 0.6 is 0 Å². The summed E-state index contributed by atoms with van der Waals surface area (Å²) in [5.74, 6) is 0.0493. The summed E-state index contributed by atoms with van der Waals surface area (Å²) in [5.41, 5.74) is 2.57. The van der Waals surface area contributed by atoms with E-state index in [0.29, 0.717) is 12.1 Å². The van der Waals surface area contributed by atoms with E-state index in [9.17, 15) is 10.1 Å². The summed E-state index contributed by atoms with van der Waals surface area (Å²) < 4.78 is 0. The Kier molecular flexibility index (Phi) is 3.52. The van der Waals surface area contributed by atoms with Gasteiger partial charge >= 0.3 is 0 Å². The molecule has 1 heterocycles. The summed E-state index contributed by atoms with van der Waals surface area (Å²) >= 11 is 0. The quantitative estimate of drug-likeness (QED) is 0.858. The maximum Gasteiger partial charge on any atom is 0.242 e. The summed E-state index contributed by atoms with van der Waals surface area (Å²) in [6, 6.07) is 7.84. The number of carbonyl (C=O) groups is 1. The summed E-state index contributed by atoms with van der Waals surface area (Å²) in [4.78, 5) is 13.9. The molecule has 4 heteroatoms. The Bertz CT molecular complexity index is 504. The topological polar surface area (TPSA) is 56.1 Å². The molecular formula is C14H17N3O. The number of benzene rings is 1. The zero-order valence-corrected chi connectivity index (χ0v) is 10.7. The number of piperazine rings is 1. The lowest BCUT2D eigenvalue weighted by Crippen LogP contribution is -2.55. The first-order valence-corrected chi connectivity index (χ1v) is 6.22. The highest BCUT2D eigenvalue weighted by molar-refractivity contribution is 5.87. The summed E-state index contributed by atoms with van der Waals surface area (Å²) in [6.45, 7) is 5.34. The fourth-order valence-corrected chi connectivity index (χ4v) is 2.40. The van der Waals surface area contributed by atoms with E-state index in [0.717, 1.165) is 24.2 Å². The van der Waals surface area contributed by atoms with E-state index >= 15 is 0 Å². The SMILES string of the molecule is CCC1C(=O)NCCN1c1ccc(C)cc1C#N. The van der Waals surface area contributed by atoms with Gasteiger partial charge in [-0.2, -0.15) is 5.26 Å². The van der Waals surface area contributed by atoms with Gasteiger partial charge in [-0.25, -0.2) is 0 Å². The molecule has 1 aliphatic heterocycles. The van der Waals surface area contributed by atoms with Crippen LogP contribution in [0.2, 0.25) is 0 Å². The van der Waals surface area contributed by atoms with Crippen LogP contribution in [0.1, 0.15) is 24.5 Å². The Morgan fingerprint density at radius 2 is 2.33 bits per heavy atom. The van der Waals surface area contributed by atoms with E-state index in [1.54, 1.807) is 0 Å². The lowest BCUT2D eigenvalue weighted by atomic mass is 10.0. The van der Waals surface area contributed by atoms with Crippen molar-refractivity contribution in [3.05, 3.63) is 29.3 Å². The minimum Gasteiger partial charge on any atom is -0.357 e. The zero-order chi connectivity index (χ0) is 13.1. The summed E-state index contributed by atoms with van der Waals surface area (Å²) in [5, 5.41) is 12.1. The van der Waals surface area contributed by atoms with Gasteiger partial charge in [-0.05, 0) is 31.0 Å². The predicted molar refractivity (Wildman–Crippen MR) is 70.3 cm³/mol. The molecule has 1 atom stereocenters. The van der Waals surface area contributed by atoms with Gasteiger partial charge in [0.25, 0.3) is 0 Å². The van der Waals surface area contributed by atoms with Crippen molar-refractivity contribution < 1.29 is 4.79 Å². The predicted octanol–water partition coefficient (Wildman–Crippen LogP) is 1.58. The number of carbonyl (C=O) groups excluding carboxylic acids is 1. The highest BCUT2D eigenvalue weighted by atomic mass is 16.2. The number of nitrogens with zero attached hydrogens (tertiary/aromatic N) is 2. The molecule has 1 aliphatic rings. The Hall–Kier alpha value is -2.02. The van der Waals surface area contributed by atoms with Gasteiger partial charge in [0.1, 0.15) is 12.1 Å². The monoisotopic (exact) mass is 243 g/mol. The van der Waals surface area contributed by atoms with Crippen LogP contribution in [0.15, 0.2) is 18.2 Å². The molecule has 1 amide bonds. The van der Waals surface area contributed by atoms with Crippen molar-refractivity contribution in [2.24, 2.45) is 0 Å². The number of aryl methyl sites for hydroxylation is 1. The second kappa shape index (κ2) is 5.09. The first kappa shape index (κ1) is 12.4. The highest BCUT2D eigenvalue weighted by Gasteiger charge is 2.29. The molecule has 94 valence electrons. The summed E-state index contributed by atoms with van der Waals surface area (Å²) in [6.07, 6.45) is 0.741. The number of nitriles is 1. The van der Waals surface area contributed by atoms with Gasteiger partial charge in [0.15, 0.2) is 0 Å². The van der Waals surface area contributed by atoms with Crippen molar-refractivity contribution >= 4 is 11.6 Å². The summed E-state index contributed by atoms with van der Waals surface area (Å²) in [7, 11) is 0. The molecule has 1 unspecified atom stereocenters. The van der Waals surface area contributed by atoms with Crippen LogP contribution in [0.5, 0.6) is 0 Å². The maximum atomic E-state index is 11.8. The van der Waals surface area contributed by atoms with E-state index in [1.165, 1.54) is 0 Å². The molecule has 1 aromatic rings. The number of hydrogen-bond donors (Lipinski definition) is 1. The first-order valence-electron chi connectivity index (χ1n) is 6.22. The van der Waals surface area contributed by atoms with Gasteiger partial charge in [0.2, 0.25) is 5.91 Å². The van der Waals surface area contributed by atoms with Gasteiger partial charge < -0.3 is 10.2 Å². The Morgan fingerprint density at radius 1 is 1.56 bits per heavy atom. The molecule has 1 saturated heterocycles. The highest BCUT2D eigenvalue weighted by Crippen LogP contribution is 2.25. The van der Waals surface area contributed by atoms with Crippen molar-refractivity contribution in [1.82, 2.24) is 5.32 Å². The lowest BCUT2D eigenvalue weighted by molar-refractivity contribution is -0.123. The number of hydrogen-bond acceptors (Lipinski definition) is 3. The molecule has 0 spiro atoms. The average molecular weight is 243 g/mol. The minimum absolute atomic E-state index is 0.0493. The van der Waals surface area contributed by atoms with Crippen molar-refractivity contribution in [2.45, 2.75) is 26.3 Å². The molecular weight excluding hydrogens is 226 g/mol. The van der Waals surface area contributed by atoms with Gasteiger partial charge in [-0.1, -0.05) is 13.0 Å². The minimum atomic E-state index is -0.173. The molecule has 0 aromatic heterocycles. The molecule has 0 saturated carbocycles. The number of anilines is 1.